The third-order valence-electron chi connectivity index (χ3n) is 2.96. The van der Waals surface area contributed by atoms with Gasteiger partial charge in [-0.25, -0.2) is 22.0 Å². The van der Waals surface area contributed by atoms with Gasteiger partial charge in [-0.1, -0.05) is 6.07 Å². The number of nitrogens with one attached hydrogen (secondary N) is 1. The lowest BCUT2D eigenvalue weighted by molar-refractivity contribution is 0.597. The number of nitrogen functional groups attached to an aromatic ring is 1. The summed E-state index contributed by atoms with van der Waals surface area (Å²) in [5.41, 5.74) is 6.14. The SMILES string of the molecule is Nc1c(NC2CCS(=O)(=O)C2)cccc1S(N)(=O)=O. The summed E-state index contributed by atoms with van der Waals surface area (Å²) in [6.07, 6.45) is 0.474. The molecule has 1 heterocycles. The monoisotopic (exact) mass is 305 g/mol. The van der Waals surface area contributed by atoms with Crippen molar-refractivity contribution in [3.05, 3.63) is 18.2 Å². The maximum Gasteiger partial charge on any atom is 0.240 e. The molecule has 1 saturated heterocycles. The minimum Gasteiger partial charge on any atom is -0.396 e. The predicted octanol–water partition coefficient (Wildman–Crippen LogP) is -0.485. The van der Waals surface area contributed by atoms with Crippen LogP contribution in [-0.4, -0.2) is 34.4 Å². The lowest BCUT2D eigenvalue weighted by Gasteiger charge is -2.16. The summed E-state index contributed by atoms with van der Waals surface area (Å²) in [7, 11) is -6.91. The topological polar surface area (TPSA) is 132 Å². The Morgan fingerprint density at radius 3 is 2.53 bits per heavy atom. The molecule has 0 spiro atoms. The molecule has 1 atom stereocenters. The summed E-state index contributed by atoms with van der Waals surface area (Å²) < 4.78 is 45.4. The lowest BCUT2D eigenvalue weighted by atomic mass is 10.2. The normalized spacial score (nSPS) is 22.3. The average molecular weight is 305 g/mol. The van der Waals surface area contributed by atoms with Gasteiger partial charge in [-0.05, 0) is 18.6 Å². The molecule has 1 unspecified atom stereocenters. The van der Waals surface area contributed by atoms with Crippen LogP contribution in [0.5, 0.6) is 0 Å². The maximum atomic E-state index is 11.4. The van der Waals surface area contributed by atoms with Crippen molar-refractivity contribution in [1.82, 2.24) is 0 Å². The van der Waals surface area contributed by atoms with Gasteiger partial charge in [0.1, 0.15) is 4.90 Å². The number of hydrogen-bond donors (Lipinski definition) is 3. The van der Waals surface area contributed by atoms with Gasteiger partial charge in [0.15, 0.2) is 9.84 Å². The van der Waals surface area contributed by atoms with Crippen LogP contribution in [0.3, 0.4) is 0 Å². The Labute approximate surface area is 112 Å². The number of sulfone groups is 1. The Balaban J connectivity index is 2.28. The second-order valence-electron chi connectivity index (χ2n) is 4.51. The second kappa shape index (κ2) is 4.66. The van der Waals surface area contributed by atoms with Crippen molar-refractivity contribution in [2.24, 2.45) is 5.14 Å². The molecule has 1 fully saturated rings. The average Bonchev–Trinajstić information content (AvgIpc) is 2.59. The van der Waals surface area contributed by atoms with Crippen molar-refractivity contribution in [3.8, 4) is 0 Å². The van der Waals surface area contributed by atoms with Crippen LogP contribution in [0.15, 0.2) is 23.1 Å². The van der Waals surface area contributed by atoms with E-state index in [-0.39, 0.29) is 28.1 Å². The number of para-hydroxylation sites is 1. The van der Waals surface area contributed by atoms with Crippen LogP contribution in [0.4, 0.5) is 11.4 Å². The van der Waals surface area contributed by atoms with Crippen LogP contribution in [0.1, 0.15) is 6.42 Å². The Bertz CT molecular complexity index is 697. The molecule has 1 aromatic rings. The molecule has 0 radical (unpaired) electrons. The number of rotatable bonds is 3. The van der Waals surface area contributed by atoms with Crippen molar-refractivity contribution in [2.75, 3.05) is 22.6 Å². The molecule has 0 aliphatic carbocycles. The first kappa shape index (κ1) is 14.1. The molecule has 0 amide bonds. The standard InChI is InChI=1S/C10H15N3O4S2/c11-10-8(2-1-3-9(10)19(12,16)17)13-7-4-5-18(14,15)6-7/h1-3,7,13H,4-6,11H2,(H2,12,16,17). The van der Waals surface area contributed by atoms with Gasteiger partial charge in [0.05, 0.1) is 22.9 Å². The Morgan fingerprint density at radius 2 is 2.00 bits per heavy atom. The Hall–Kier alpha value is -1.32. The van der Waals surface area contributed by atoms with Gasteiger partial charge in [-0.2, -0.15) is 0 Å². The molecular formula is C10H15N3O4S2. The molecule has 0 aromatic heterocycles. The zero-order valence-corrected chi connectivity index (χ0v) is 11.7. The van der Waals surface area contributed by atoms with Gasteiger partial charge < -0.3 is 11.1 Å². The van der Waals surface area contributed by atoms with E-state index in [0.29, 0.717) is 12.1 Å². The van der Waals surface area contributed by atoms with Crippen molar-refractivity contribution in [2.45, 2.75) is 17.4 Å². The summed E-state index contributed by atoms with van der Waals surface area (Å²) in [5.74, 6) is 0.144. The van der Waals surface area contributed by atoms with Gasteiger partial charge in [0, 0.05) is 6.04 Å². The Morgan fingerprint density at radius 1 is 1.32 bits per heavy atom. The van der Waals surface area contributed by atoms with E-state index in [1.54, 1.807) is 6.07 Å². The smallest absolute Gasteiger partial charge is 0.240 e. The minimum atomic E-state index is -3.90. The molecule has 1 aromatic carbocycles. The zero-order valence-electron chi connectivity index (χ0n) is 10.0. The van der Waals surface area contributed by atoms with Crippen LogP contribution in [0, 0.1) is 0 Å². The van der Waals surface area contributed by atoms with Crippen LogP contribution in [-0.2, 0) is 19.9 Å². The third-order valence-corrected chi connectivity index (χ3v) is 5.70. The van der Waals surface area contributed by atoms with Gasteiger partial charge in [-0.15, -0.1) is 0 Å². The van der Waals surface area contributed by atoms with Gasteiger partial charge in [-0.3, -0.25) is 0 Å². The quantitative estimate of drug-likeness (QED) is 0.646. The van der Waals surface area contributed by atoms with E-state index in [4.69, 9.17) is 10.9 Å². The van der Waals surface area contributed by atoms with Crippen molar-refractivity contribution in [3.63, 3.8) is 0 Å². The summed E-state index contributed by atoms with van der Waals surface area (Å²) in [4.78, 5) is -0.168. The van der Waals surface area contributed by atoms with E-state index in [1.807, 2.05) is 0 Å². The molecular weight excluding hydrogens is 290 g/mol. The fraction of sp³-hybridized carbons (Fsp3) is 0.400. The maximum absolute atomic E-state index is 11.4. The van der Waals surface area contributed by atoms with Gasteiger partial charge in [0.25, 0.3) is 0 Å². The predicted molar refractivity (Wildman–Crippen MR) is 72.9 cm³/mol. The Kier molecular flexibility index (Phi) is 3.45. The number of hydrogen-bond acceptors (Lipinski definition) is 6. The number of benzene rings is 1. The summed E-state index contributed by atoms with van der Waals surface area (Å²) >= 11 is 0. The molecule has 5 N–H and O–H groups in total. The summed E-state index contributed by atoms with van der Waals surface area (Å²) in [5, 5.41) is 8.00. The molecule has 0 saturated carbocycles. The third kappa shape index (κ3) is 3.17. The van der Waals surface area contributed by atoms with Crippen LogP contribution >= 0.6 is 0 Å². The first-order chi connectivity index (χ1) is 8.69. The van der Waals surface area contributed by atoms with Crippen LogP contribution < -0.4 is 16.2 Å². The number of anilines is 2. The number of sulfonamides is 1. The number of nitrogens with two attached hydrogens (primary N) is 2. The van der Waals surface area contributed by atoms with E-state index in [0.717, 1.165) is 0 Å². The zero-order chi connectivity index (χ0) is 14.3. The largest absolute Gasteiger partial charge is 0.396 e. The van der Waals surface area contributed by atoms with Gasteiger partial charge >= 0.3 is 0 Å². The summed E-state index contributed by atoms with van der Waals surface area (Å²) in [6, 6.07) is 4.14. The molecule has 106 valence electrons. The van der Waals surface area contributed by atoms with Crippen LogP contribution in [0.2, 0.25) is 0 Å². The molecule has 19 heavy (non-hydrogen) atoms. The van der Waals surface area contributed by atoms with Crippen LogP contribution in [0.25, 0.3) is 0 Å². The highest BCUT2D eigenvalue weighted by Crippen LogP contribution is 2.27. The first-order valence-corrected chi connectivity index (χ1v) is 8.94. The van der Waals surface area contributed by atoms with Crippen molar-refractivity contribution < 1.29 is 16.8 Å². The molecule has 0 bridgehead atoms. The van der Waals surface area contributed by atoms with E-state index in [2.05, 4.69) is 5.32 Å². The highest BCUT2D eigenvalue weighted by atomic mass is 32.2. The second-order valence-corrected chi connectivity index (χ2v) is 8.27. The minimum absolute atomic E-state index is 0.00861. The molecule has 7 nitrogen and oxygen atoms in total. The lowest BCUT2D eigenvalue weighted by Crippen LogP contribution is -2.22. The van der Waals surface area contributed by atoms with E-state index in [9.17, 15) is 16.8 Å². The molecule has 2 rings (SSSR count). The van der Waals surface area contributed by atoms with E-state index < -0.39 is 19.9 Å². The number of primary sulfonamides is 1. The summed E-state index contributed by atoms with van der Waals surface area (Å²) in [6.45, 7) is 0. The van der Waals surface area contributed by atoms with Gasteiger partial charge in [0.2, 0.25) is 10.0 Å². The fourth-order valence-electron chi connectivity index (χ4n) is 2.05. The highest BCUT2D eigenvalue weighted by Gasteiger charge is 2.28. The van der Waals surface area contributed by atoms with Crippen molar-refractivity contribution in [1.29, 1.82) is 0 Å². The van der Waals surface area contributed by atoms with Crippen molar-refractivity contribution >= 4 is 31.2 Å². The van der Waals surface area contributed by atoms with E-state index >= 15 is 0 Å². The van der Waals surface area contributed by atoms with E-state index in [1.165, 1.54) is 12.1 Å². The molecule has 1 aliphatic rings. The highest BCUT2D eigenvalue weighted by molar-refractivity contribution is 7.91. The fourth-order valence-corrected chi connectivity index (χ4v) is 4.40. The molecule has 9 heteroatoms. The first-order valence-electron chi connectivity index (χ1n) is 5.57. The molecule has 1 aliphatic heterocycles.